The molecule has 0 saturated heterocycles. The number of rotatable bonds is 2. The Morgan fingerprint density at radius 3 is 2.83 bits per heavy atom. The van der Waals surface area contributed by atoms with Gasteiger partial charge in [-0.05, 0) is 30.2 Å². The van der Waals surface area contributed by atoms with E-state index in [0.717, 1.165) is 10.6 Å². The molecule has 0 aliphatic rings. The van der Waals surface area contributed by atoms with Gasteiger partial charge in [-0.2, -0.15) is 0 Å². The first-order chi connectivity index (χ1) is 5.74. The summed E-state index contributed by atoms with van der Waals surface area (Å²) >= 11 is 5.84. The summed E-state index contributed by atoms with van der Waals surface area (Å²) in [5, 5.41) is 0.768. The lowest BCUT2D eigenvalue weighted by atomic mass is 10.1. The maximum Gasteiger partial charge on any atom is 0.0412 e. The summed E-state index contributed by atoms with van der Waals surface area (Å²) in [5.74, 6) is 0. The lowest BCUT2D eigenvalue weighted by molar-refractivity contribution is 1.44. The zero-order valence-electron chi connectivity index (χ0n) is 7.05. The van der Waals surface area contributed by atoms with E-state index in [1.54, 1.807) is 6.08 Å². The average Bonchev–Trinajstić information content (AvgIpc) is 2.07. The van der Waals surface area contributed by atoms with Gasteiger partial charge >= 0.3 is 0 Å². The fourth-order valence-electron chi connectivity index (χ4n) is 0.963. The summed E-state index contributed by atoms with van der Waals surface area (Å²) in [7, 11) is 0. The number of hydrogen-bond acceptors (Lipinski definition) is 0. The van der Waals surface area contributed by atoms with E-state index in [1.165, 1.54) is 5.56 Å². The first-order valence-corrected chi connectivity index (χ1v) is 4.17. The van der Waals surface area contributed by atoms with E-state index in [1.807, 2.05) is 30.4 Å². The van der Waals surface area contributed by atoms with E-state index in [-0.39, 0.29) is 0 Å². The van der Waals surface area contributed by atoms with Crippen LogP contribution in [-0.2, 0) is 0 Å². The highest BCUT2D eigenvalue weighted by molar-refractivity contribution is 6.30. The van der Waals surface area contributed by atoms with Crippen molar-refractivity contribution in [3.8, 4) is 0 Å². The van der Waals surface area contributed by atoms with Gasteiger partial charge in [0, 0.05) is 5.02 Å². The largest absolute Gasteiger partial charge is 0.0991 e. The Balaban J connectivity index is 3.04. The first kappa shape index (κ1) is 9.08. The molecule has 0 atom stereocenters. The number of hydrogen-bond donors (Lipinski definition) is 0. The van der Waals surface area contributed by atoms with Gasteiger partial charge in [0.25, 0.3) is 0 Å². The predicted octanol–water partition coefficient (Wildman–Crippen LogP) is 3.85. The van der Waals surface area contributed by atoms with Gasteiger partial charge in [0.05, 0.1) is 0 Å². The Labute approximate surface area is 78.2 Å². The maximum absolute atomic E-state index is 5.84. The Hall–Kier alpha value is -1.01. The third kappa shape index (κ3) is 2.24. The fraction of sp³-hybridized carbons (Fsp3) is 0.0909. The van der Waals surface area contributed by atoms with Gasteiger partial charge in [-0.15, -0.1) is 0 Å². The maximum atomic E-state index is 5.84. The van der Waals surface area contributed by atoms with Gasteiger partial charge < -0.3 is 0 Å². The minimum absolute atomic E-state index is 0.768. The normalized spacial score (nSPS) is 10.5. The fourth-order valence-corrected chi connectivity index (χ4v) is 1.14. The molecule has 0 saturated carbocycles. The van der Waals surface area contributed by atoms with Gasteiger partial charge in [-0.1, -0.05) is 42.5 Å². The summed E-state index contributed by atoms with van der Waals surface area (Å²) in [5.41, 5.74) is 2.36. The third-order valence-corrected chi connectivity index (χ3v) is 1.89. The minimum atomic E-state index is 0.768. The molecular weight excluding hydrogens is 168 g/mol. The molecule has 0 radical (unpaired) electrons. The number of halogens is 1. The number of allylic oxidation sites excluding steroid dienone is 2. The van der Waals surface area contributed by atoms with Crippen LogP contribution >= 0.6 is 11.6 Å². The lowest BCUT2D eigenvalue weighted by Crippen LogP contribution is -1.78. The molecule has 0 aliphatic heterocycles. The molecule has 0 aliphatic carbocycles. The minimum Gasteiger partial charge on any atom is -0.0991 e. The quantitative estimate of drug-likeness (QED) is 0.604. The average molecular weight is 179 g/mol. The molecule has 0 amide bonds. The number of benzene rings is 1. The van der Waals surface area contributed by atoms with E-state index in [2.05, 4.69) is 13.5 Å². The van der Waals surface area contributed by atoms with E-state index in [9.17, 15) is 0 Å². The molecule has 0 fully saturated rings. The van der Waals surface area contributed by atoms with Crippen molar-refractivity contribution in [3.05, 3.63) is 53.1 Å². The molecule has 1 aromatic carbocycles. The summed E-state index contributed by atoms with van der Waals surface area (Å²) in [6, 6.07) is 5.84. The van der Waals surface area contributed by atoms with Crippen LogP contribution in [0.4, 0.5) is 0 Å². The summed E-state index contributed by atoms with van der Waals surface area (Å²) in [6.45, 7) is 5.66. The molecule has 0 unspecified atom stereocenters. The molecule has 12 heavy (non-hydrogen) atoms. The van der Waals surface area contributed by atoms with Crippen LogP contribution in [0.25, 0.3) is 6.08 Å². The van der Waals surface area contributed by atoms with Crippen molar-refractivity contribution in [3.63, 3.8) is 0 Å². The zero-order valence-corrected chi connectivity index (χ0v) is 7.81. The smallest absolute Gasteiger partial charge is 0.0412 e. The Bertz CT molecular complexity index is 311. The van der Waals surface area contributed by atoms with E-state index >= 15 is 0 Å². The highest BCUT2D eigenvalue weighted by atomic mass is 35.5. The van der Waals surface area contributed by atoms with Crippen LogP contribution in [0.15, 0.2) is 36.9 Å². The summed E-state index contributed by atoms with van der Waals surface area (Å²) in [4.78, 5) is 0. The third-order valence-electron chi connectivity index (χ3n) is 1.65. The molecule has 1 rings (SSSR count). The van der Waals surface area contributed by atoms with E-state index in [0.29, 0.717) is 0 Å². The Kier molecular flexibility index (Phi) is 3.12. The van der Waals surface area contributed by atoms with Crippen molar-refractivity contribution < 1.29 is 0 Å². The molecule has 0 aromatic heterocycles. The zero-order chi connectivity index (χ0) is 8.97. The van der Waals surface area contributed by atoms with Crippen LogP contribution in [0.1, 0.15) is 11.1 Å². The molecule has 0 bridgehead atoms. The van der Waals surface area contributed by atoms with Gasteiger partial charge in [0.1, 0.15) is 0 Å². The lowest BCUT2D eigenvalue weighted by Gasteiger charge is -1.99. The van der Waals surface area contributed by atoms with Crippen LogP contribution < -0.4 is 0 Å². The van der Waals surface area contributed by atoms with Crippen LogP contribution in [0, 0.1) is 6.92 Å². The van der Waals surface area contributed by atoms with Crippen molar-refractivity contribution in [1.82, 2.24) is 0 Å². The van der Waals surface area contributed by atoms with Crippen molar-refractivity contribution >= 4 is 17.7 Å². The molecule has 1 heteroatoms. The van der Waals surface area contributed by atoms with Crippen LogP contribution in [-0.4, -0.2) is 0 Å². The van der Waals surface area contributed by atoms with Gasteiger partial charge in [0.15, 0.2) is 0 Å². The van der Waals surface area contributed by atoms with Crippen molar-refractivity contribution in [2.24, 2.45) is 0 Å². The standard InChI is InChI=1S/C11H11Cl/c1-3-4-5-10-8-11(12)7-6-9(10)2/h3-8H,1H2,2H3/b5-4-. The van der Waals surface area contributed by atoms with E-state index in [4.69, 9.17) is 11.6 Å². The van der Waals surface area contributed by atoms with Crippen molar-refractivity contribution in [2.45, 2.75) is 6.92 Å². The Morgan fingerprint density at radius 1 is 1.42 bits per heavy atom. The van der Waals surface area contributed by atoms with Gasteiger partial charge in [-0.3, -0.25) is 0 Å². The molecule has 62 valence electrons. The van der Waals surface area contributed by atoms with Crippen LogP contribution in [0.3, 0.4) is 0 Å². The number of aryl methyl sites for hydroxylation is 1. The van der Waals surface area contributed by atoms with Gasteiger partial charge in [0.2, 0.25) is 0 Å². The summed E-state index contributed by atoms with van der Waals surface area (Å²) < 4.78 is 0. The van der Waals surface area contributed by atoms with Crippen molar-refractivity contribution in [2.75, 3.05) is 0 Å². The molecule has 0 N–H and O–H groups in total. The van der Waals surface area contributed by atoms with E-state index < -0.39 is 0 Å². The van der Waals surface area contributed by atoms with Crippen molar-refractivity contribution in [1.29, 1.82) is 0 Å². The molecule has 1 aromatic rings. The monoisotopic (exact) mass is 178 g/mol. The highest BCUT2D eigenvalue weighted by Crippen LogP contribution is 2.16. The summed E-state index contributed by atoms with van der Waals surface area (Å²) in [6.07, 6.45) is 5.65. The second-order valence-electron chi connectivity index (χ2n) is 2.60. The second-order valence-corrected chi connectivity index (χ2v) is 3.03. The van der Waals surface area contributed by atoms with Gasteiger partial charge in [-0.25, -0.2) is 0 Å². The molecule has 0 heterocycles. The molecular formula is C11H11Cl. The first-order valence-electron chi connectivity index (χ1n) is 3.79. The molecule has 0 spiro atoms. The Morgan fingerprint density at radius 2 is 2.17 bits per heavy atom. The molecule has 0 nitrogen and oxygen atoms in total. The topological polar surface area (TPSA) is 0 Å². The predicted molar refractivity (Wildman–Crippen MR) is 55.4 cm³/mol. The van der Waals surface area contributed by atoms with Crippen LogP contribution in [0.5, 0.6) is 0 Å². The highest BCUT2D eigenvalue weighted by Gasteiger charge is 1.93. The SMILES string of the molecule is C=C/C=C\c1cc(Cl)ccc1C. The van der Waals surface area contributed by atoms with Crippen LogP contribution in [0.2, 0.25) is 5.02 Å². The second kappa shape index (κ2) is 4.13.